The molecule has 2 aromatic carbocycles. The van der Waals surface area contributed by atoms with E-state index in [1.807, 2.05) is 6.20 Å². The minimum absolute atomic E-state index is 0.121. The molecule has 3 heteroatoms. The number of benzene rings is 2. The predicted octanol–water partition coefficient (Wildman–Crippen LogP) is 6.00. The third-order valence-corrected chi connectivity index (χ3v) is 6.61. The second kappa shape index (κ2) is 5.84. The van der Waals surface area contributed by atoms with E-state index in [9.17, 15) is 0 Å². The van der Waals surface area contributed by atoms with Gasteiger partial charge in [0, 0.05) is 22.4 Å². The van der Waals surface area contributed by atoms with Crippen LogP contribution in [0.25, 0.3) is 11.4 Å². The molecule has 1 aliphatic heterocycles. The third-order valence-electron chi connectivity index (χ3n) is 6.08. The first-order valence-electron chi connectivity index (χ1n) is 9.21. The zero-order valence-electron chi connectivity index (χ0n) is 14.2. The number of halogens is 1. The molecule has 1 atom stereocenters. The summed E-state index contributed by atoms with van der Waals surface area (Å²) in [5, 5.41) is 0. The molecule has 2 heterocycles. The van der Waals surface area contributed by atoms with Gasteiger partial charge in [0.25, 0.3) is 0 Å². The van der Waals surface area contributed by atoms with Crippen molar-refractivity contribution < 1.29 is 0 Å². The molecule has 0 saturated heterocycles. The lowest BCUT2D eigenvalue weighted by molar-refractivity contribution is 0.214. The second-order valence-corrected chi connectivity index (χ2v) is 8.19. The zero-order chi connectivity index (χ0) is 16.9. The molecule has 3 aromatic rings. The molecule has 0 spiro atoms. The maximum Gasteiger partial charge on any atom is 0.141 e. The number of hydrogen-bond donors (Lipinski definition) is 0. The fraction of sp³-hybridized carbons (Fsp3) is 0.318. The average molecular weight is 393 g/mol. The van der Waals surface area contributed by atoms with Crippen LogP contribution in [-0.4, -0.2) is 9.55 Å². The van der Waals surface area contributed by atoms with Gasteiger partial charge in [0.2, 0.25) is 0 Å². The van der Waals surface area contributed by atoms with Gasteiger partial charge in [-0.1, -0.05) is 71.6 Å². The van der Waals surface area contributed by atoms with Crippen LogP contribution in [0.4, 0.5) is 0 Å². The van der Waals surface area contributed by atoms with Crippen LogP contribution in [0.3, 0.4) is 0 Å². The topological polar surface area (TPSA) is 17.8 Å². The first kappa shape index (κ1) is 15.4. The van der Waals surface area contributed by atoms with Crippen molar-refractivity contribution in [1.29, 1.82) is 0 Å². The number of nitrogens with zero attached hydrogens (tertiary/aromatic N) is 2. The molecule has 126 valence electrons. The molecule has 0 N–H and O–H groups in total. The van der Waals surface area contributed by atoms with Gasteiger partial charge in [-0.05, 0) is 42.0 Å². The summed E-state index contributed by atoms with van der Waals surface area (Å²) in [5.41, 5.74) is 3.98. The Morgan fingerprint density at radius 1 is 0.960 bits per heavy atom. The lowest BCUT2D eigenvalue weighted by Gasteiger charge is -2.42. The lowest BCUT2D eigenvalue weighted by Crippen LogP contribution is -2.42. The van der Waals surface area contributed by atoms with Gasteiger partial charge >= 0.3 is 0 Å². The summed E-state index contributed by atoms with van der Waals surface area (Å²) in [7, 11) is 0. The van der Waals surface area contributed by atoms with E-state index >= 15 is 0 Å². The monoisotopic (exact) mass is 392 g/mol. The van der Waals surface area contributed by atoms with Gasteiger partial charge in [-0.3, -0.25) is 0 Å². The fourth-order valence-electron chi connectivity index (χ4n) is 5.10. The van der Waals surface area contributed by atoms with Crippen LogP contribution in [0.1, 0.15) is 43.2 Å². The standard InChI is InChI=1S/C22H21BrN2/c23-18-12-10-17(11-13-18)22(16-6-2-1-3-7-16)20-9-5-4-8-19(20)21-24-14-15-25(21)22/h4-5,8-16H,1-3,6-7H2. The van der Waals surface area contributed by atoms with Crippen molar-refractivity contribution in [2.75, 3.05) is 0 Å². The first-order valence-corrected chi connectivity index (χ1v) is 10.0. The highest BCUT2D eigenvalue weighted by molar-refractivity contribution is 9.10. The third kappa shape index (κ3) is 2.11. The van der Waals surface area contributed by atoms with Gasteiger partial charge in [0.15, 0.2) is 0 Å². The summed E-state index contributed by atoms with van der Waals surface area (Å²) in [6.45, 7) is 0. The van der Waals surface area contributed by atoms with Crippen LogP contribution >= 0.6 is 15.9 Å². The van der Waals surface area contributed by atoms with E-state index in [2.05, 4.69) is 75.2 Å². The summed E-state index contributed by atoms with van der Waals surface area (Å²) < 4.78 is 3.59. The Kier molecular flexibility index (Phi) is 3.60. The van der Waals surface area contributed by atoms with Gasteiger partial charge < -0.3 is 4.57 Å². The highest BCUT2D eigenvalue weighted by Gasteiger charge is 2.50. The molecule has 0 radical (unpaired) electrons. The maximum atomic E-state index is 4.72. The van der Waals surface area contributed by atoms with E-state index in [1.54, 1.807) is 0 Å². The van der Waals surface area contributed by atoms with Crippen LogP contribution in [0.2, 0.25) is 0 Å². The summed E-state index contributed by atoms with van der Waals surface area (Å²) in [5.74, 6) is 1.73. The Labute approximate surface area is 157 Å². The molecule has 5 rings (SSSR count). The van der Waals surface area contributed by atoms with E-state index in [0.29, 0.717) is 5.92 Å². The number of rotatable bonds is 2. The Morgan fingerprint density at radius 2 is 1.72 bits per heavy atom. The number of fused-ring (bicyclic) bond motifs is 3. The summed E-state index contributed by atoms with van der Waals surface area (Å²) in [6, 6.07) is 17.8. The van der Waals surface area contributed by atoms with Crippen LogP contribution in [0, 0.1) is 5.92 Å². The molecule has 2 aliphatic rings. The fourth-order valence-corrected chi connectivity index (χ4v) is 5.36. The highest BCUT2D eigenvalue weighted by Crippen LogP contribution is 2.54. The molecule has 1 aliphatic carbocycles. The molecule has 0 bridgehead atoms. The van der Waals surface area contributed by atoms with Gasteiger partial charge in [-0.15, -0.1) is 0 Å². The average Bonchev–Trinajstić information content (AvgIpc) is 3.24. The van der Waals surface area contributed by atoms with Gasteiger partial charge in [-0.25, -0.2) is 4.98 Å². The van der Waals surface area contributed by atoms with Gasteiger partial charge in [0.1, 0.15) is 5.82 Å². The summed E-state index contributed by atoms with van der Waals surface area (Å²) >= 11 is 3.60. The van der Waals surface area contributed by atoms with Crippen molar-refractivity contribution in [3.63, 3.8) is 0 Å². The lowest BCUT2D eigenvalue weighted by atomic mass is 9.67. The van der Waals surface area contributed by atoms with Gasteiger partial charge in [-0.2, -0.15) is 0 Å². The van der Waals surface area contributed by atoms with Crippen LogP contribution in [0.5, 0.6) is 0 Å². The van der Waals surface area contributed by atoms with Crippen molar-refractivity contribution in [2.45, 2.75) is 37.6 Å². The van der Waals surface area contributed by atoms with Crippen molar-refractivity contribution >= 4 is 15.9 Å². The van der Waals surface area contributed by atoms with Crippen molar-refractivity contribution in [1.82, 2.24) is 9.55 Å². The summed E-state index contributed by atoms with van der Waals surface area (Å²) in [4.78, 5) is 4.72. The van der Waals surface area contributed by atoms with E-state index in [4.69, 9.17) is 4.98 Å². The van der Waals surface area contributed by atoms with E-state index in [0.717, 1.165) is 10.3 Å². The first-order chi connectivity index (χ1) is 12.3. The summed E-state index contributed by atoms with van der Waals surface area (Å²) in [6.07, 6.45) is 10.7. The molecular weight excluding hydrogens is 372 g/mol. The predicted molar refractivity (Wildman–Crippen MR) is 105 cm³/mol. The van der Waals surface area contributed by atoms with Crippen molar-refractivity contribution in [3.05, 3.63) is 76.5 Å². The van der Waals surface area contributed by atoms with Crippen LogP contribution < -0.4 is 0 Å². The molecule has 1 unspecified atom stereocenters. The molecule has 2 nitrogen and oxygen atoms in total. The highest BCUT2D eigenvalue weighted by atomic mass is 79.9. The number of aromatic nitrogens is 2. The van der Waals surface area contributed by atoms with Gasteiger partial charge in [0.05, 0.1) is 5.54 Å². The van der Waals surface area contributed by atoms with E-state index in [1.165, 1.54) is 48.8 Å². The molecular formula is C22H21BrN2. The largest absolute Gasteiger partial charge is 0.316 e. The molecule has 1 saturated carbocycles. The van der Waals surface area contributed by atoms with Crippen molar-refractivity contribution in [2.24, 2.45) is 5.92 Å². The van der Waals surface area contributed by atoms with Crippen molar-refractivity contribution in [3.8, 4) is 11.4 Å². The quantitative estimate of drug-likeness (QED) is 0.522. The minimum atomic E-state index is -0.121. The molecule has 0 amide bonds. The Morgan fingerprint density at radius 3 is 2.52 bits per heavy atom. The Balaban J connectivity index is 1.83. The van der Waals surface area contributed by atoms with Crippen LogP contribution in [-0.2, 0) is 5.54 Å². The smallest absolute Gasteiger partial charge is 0.141 e. The Hall–Kier alpha value is -1.87. The normalized spacial score (nSPS) is 22.6. The van der Waals surface area contributed by atoms with Crippen LogP contribution in [0.15, 0.2) is 65.4 Å². The Bertz CT molecular complexity index is 906. The molecule has 1 aromatic heterocycles. The maximum absolute atomic E-state index is 4.72. The zero-order valence-corrected chi connectivity index (χ0v) is 15.7. The number of hydrogen-bond acceptors (Lipinski definition) is 1. The van der Waals surface area contributed by atoms with E-state index < -0.39 is 0 Å². The molecule has 1 fully saturated rings. The SMILES string of the molecule is Brc1ccc(C2(C3CCCCC3)c3ccccc3-c3nccn32)cc1. The minimum Gasteiger partial charge on any atom is -0.316 e. The molecule has 25 heavy (non-hydrogen) atoms. The second-order valence-electron chi connectivity index (χ2n) is 7.27. The van der Waals surface area contributed by atoms with E-state index in [-0.39, 0.29) is 5.54 Å². The number of imidazole rings is 1.